The van der Waals surface area contributed by atoms with Crippen LogP contribution in [0.1, 0.15) is 60.3 Å². The monoisotopic (exact) mass is 368 g/mol. The highest BCUT2D eigenvalue weighted by Gasteiger charge is 1.93. The molecule has 0 bridgehead atoms. The average Bonchev–Trinajstić information content (AvgIpc) is 2.43. The second kappa shape index (κ2) is 14.0. The lowest BCUT2D eigenvalue weighted by Crippen LogP contribution is -1.96. The van der Waals surface area contributed by atoms with Crippen molar-refractivity contribution < 1.29 is 4.74 Å². The Kier molecular flexibility index (Phi) is 13.6. The zero-order valence-electron chi connectivity index (χ0n) is 15.0. The third-order valence-corrected chi connectivity index (χ3v) is 3.75. The van der Waals surface area contributed by atoms with Crippen LogP contribution in [0.25, 0.3) is 0 Å². The van der Waals surface area contributed by atoms with Crippen molar-refractivity contribution in [1.29, 1.82) is 0 Å². The van der Waals surface area contributed by atoms with Crippen molar-refractivity contribution in [2.45, 2.75) is 60.3 Å². The largest absolute Gasteiger partial charge is 0.373 e. The number of rotatable bonds is 11. The number of hydrogen-bond acceptors (Lipinski definition) is 1. The molecule has 1 nitrogen and oxygen atoms in total. The number of allylic oxidation sites excluding steroid dienone is 6. The van der Waals surface area contributed by atoms with Crippen LogP contribution in [0, 0.1) is 0 Å². The lowest BCUT2D eigenvalue weighted by Gasteiger charge is -2.03. The van der Waals surface area contributed by atoms with Crippen LogP contribution >= 0.6 is 15.9 Å². The van der Waals surface area contributed by atoms with Gasteiger partial charge in [0.15, 0.2) is 0 Å². The summed E-state index contributed by atoms with van der Waals surface area (Å²) in [7, 11) is 0. The Morgan fingerprint density at radius 2 is 1.32 bits per heavy atom. The number of ether oxygens (including phenoxy) is 1. The smallest absolute Gasteiger partial charge is 0.0678 e. The van der Waals surface area contributed by atoms with Crippen LogP contribution in [0.2, 0.25) is 0 Å². The lowest BCUT2D eigenvalue weighted by atomic mass is 10.1. The molecular weight excluding hydrogens is 336 g/mol. The highest BCUT2D eigenvalue weighted by molar-refractivity contribution is 9.09. The van der Waals surface area contributed by atoms with E-state index in [1.165, 1.54) is 22.3 Å². The van der Waals surface area contributed by atoms with Crippen LogP contribution in [0.3, 0.4) is 0 Å². The normalized spacial score (nSPS) is 13.5. The Morgan fingerprint density at radius 3 is 1.86 bits per heavy atom. The molecule has 0 saturated carbocycles. The Balaban J connectivity index is 3.89. The van der Waals surface area contributed by atoms with Gasteiger partial charge in [-0.3, -0.25) is 0 Å². The lowest BCUT2D eigenvalue weighted by molar-refractivity contribution is 0.186. The summed E-state index contributed by atoms with van der Waals surface area (Å²) in [5.74, 6) is 0. The van der Waals surface area contributed by atoms with E-state index >= 15 is 0 Å². The van der Waals surface area contributed by atoms with E-state index in [2.05, 4.69) is 74.9 Å². The van der Waals surface area contributed by atoms with E-state index in [9.17, 15) is 0 Å². The molecule has 0 heterocycles. The summed E-state index contributed by atoms with van der Waals surface area (Å²) in [5, 5.41) is 0.960. The molecule has 0 unspecified atom stereocenters. The Hall–Kier alpha value is -0.600. The van der Waals surface area contributed by atoms with Gasteiger partial charge in [0, 0.05) is 5.33 Å². The van der Waals surface area contributed by atoms with Crippen LogP contribution in [-0.4, -0.2) is 18.5 Å². The number of alkyl halides is 1. The second-order valence-electron chi connectivity index (χ2n) is 6.18. The van der Waals surface area contributed by atoms with E-state index in [1.807, 2.05) is 0 Å². The summed E-state index contributed by atoms with van der Waals surface area (Å²) in [6, 6.07) is 0. The summed E-state index contributed by atoms with van der Waals surface area (Å²) in [6.45, 7) is 12.2. The van der Waals surface area contributed by atoms with Crippen molar-refractivity contribution in [2.75, 3.05) is 18.5 Å². The first kappa shape index (κ1) is 21.4. The molecule has 0 aliphatic carbocycles. The topological polar surface area (TPSA) is 9.23 Å². The third kappa shape index (κ3) is 14.3. The fourth-order valence-corrected chi connectivity index (χ4v) is 2.49. The Morgan fingerprint density at radius 1 is 0.773 bits per heavy atom. The minimum Gasteiger partial charge on any atom is -0.373 e. The van der Waals surface area contributed by atoms with Gasteiger partial charge in [-0.2, -0.15) is 0 Å². The van der Waals surface area contributed by atoms with Gasteiger partial charge in [-0.05, 0) is 60.3 Å². The standard InChI is InChI=1S/C20H33BrO/c1-17(2)13-15-22-16-20(5)11-7-9-18(3)8-6-10-19(4)12-14-21/h8,11-13H,6-7,9-10,14-16H2,1-5H3/b18-8+,19-12+,20-11+. The molecular formula is C20H33BrO. The van der Waals surface area contributed by atoms with Gasteiger partial charge in [0.2, 0.25) is 0 Å². The quantitative estimate of drug-likeness (QED) is 0.222. The van der Waals surface area contributed by atoms with Crippen LogP contribution in [0.5, 0.6) is 0 Å². The van der Waals surface area contributed by atoms with Gasteiger partial charge in [0.25, 0.3) is 0 Å². The molecule has 126 valence electrons. The van der Waals surface area contributed by atoms with Crippen molar-refractivity contribution in [3.63, 3.8) is 0 Å². The summed E-state index contributed by atoms with van der Waals surface area (Å²) >= 11 is 3.44. The number of hydrogen-bond donors (Lipinski definition) is 0. The van der Waals surface area contributed by atoms with Crippen molar-refractivity contribution in [2.24, 2.45) is 0 Å². The van der Waals surface area contributed by atoms with Gasteiger partial charge < -0.3 is 4.74 Å². The molecule has 0 rings (SSSR count). The van der Waals surface area contributed by atoms with E-state index in [0.717, 1.165) is 37.6 Å². The maximum atomic E-state index is 5.61. The Labute approximate surface area is 146 Å². The molecule has 22 heavy (non-hydrogen) atoms. The summed E-state index contributed by atoms with van der Waals surface area (Å²) in [4.78, 5) is 0. The zero-order chi connectivity index (χ0) is 16.8. The fourth-order valence-electron chi connectivity index (χ4n) is 1.93. The maximum absolute atomic E-state index is 5.61. The summed E-state index contributed by atoms with van der Waals surface area (Å²) in [5.41, 5.74) is 5.58. The molecule has 2 heteroatoms. The molecule has 0 aromatic heterocycles. The van der Waals surface area contributed by atoms with Gasteiger partial charge in [-0.15, -0.1) is 0 Å². The van der Waals surface area contributed by atoms with Gasteiger partial charge >= 0.3 is 0 Å². The molecule has 0 aliphatic rings. The van der Waals surface area contributed by atoms with Crippen molar-refractivity contribution in [3.8, 4) is 0 Å². The van der Waals surface area contributed by atoms with Crippen molar-refractivity contribution >= 4 is 15.9 Å². The fraction of sp³-hybridized carbons (Fsp3) is 0.600. The summed E-state index contributed by atoms with van der Waals surface area (Å²) in [6.07, 6.45) is 13.6. The molecule has 0 amide bonds. The maximum Gasteiger partial charge on any atom is 0.0678 e. The molecule has 0 fully saturated rings. The minimum absolute atomic E-state index is 0.716. The predicted molar refractivity (Wildman–Crippen MR) is 104 cm³/mol. The highest BCUT2D eigenvalue weighted by atomic mass is 79.9. The second-order valence-corrected chi connectivity index (χ2v) is 6.83. The highest BCUT2D eigenvalue weighted by Crippen LogP contribution is 2.11. The first-order valence-corrected chi connectivity index (χ1v) is 9.31. The van der Waals surface area contributed by atoms with E-state index in [0.29, 0.717) is 6.61 Å². The van der Waals surface area contributed by atoms with Gasteiger partial charge in [0.05, 0.1) is 13.2 Å². The predicted octanol–water partition coefficient (Wildman–Crippen LogP) is 6.76. The number of halogens is 1. The summed E-state index contributed by atoms with van der Waals surface area (Å²) < 4.78 is 5.61. The van der Waals surface area contributed by atoms with E-state index in [4.69, 9.17) is 4.74 Å². The molecule has 0 aromatic carbocycles. The molecule has 0 N–H and O–H groups in total. The van der Waals surface area contributed by atoms with E-state index in [1.54, 1.807) is 0 Å². The molecule has 0 aromatic rings. The minimum atomic E-state index is 0.716. The Bertz CT molecular complexity index is 409. The third-order valence-electron chi connectivity index (χ3n) is 3.43. The molecule has 0 saturated heterocycles. The van der Waals surface area contributed by atoms with Crippen molar-refractivity contribution in [1.82, 2.24) is 0 Å². The molecule has 0 atom stereocenters. The van der Waals surface area contributed by atoms with E-state index < -0.39 is 0 Å². The SMILES string of the molecule is CC(C)=CCOC/C(C)=C/CC/C(C)=C/CC/C(C)=C/CBr. The van der Waals surface area contributed by atoms with Gasteiger partial charge in [-0.1, -0.05) is 62.5 Å². The average molecular weight is 369 g/mol. The molecule has 0 radical (unpaired) electrons. The van der Waals surface area contributed by atoms with Gasteiger partial charge in [0.1, 0.15) is 0 Å². The van der Waals surface area contributed by atoms with E-state index in [-0.39, 0.29) is 0 Å². The van der Waals surface area contributed by atoms with Gasteiger partial charge in [-0.25, -0.2) is 0 Å². The van der Waals surface area contributed by atoms with Crippen LogP contribution in [0.15, 0.2) is 46.6 Å². The van der Waals surface area contributed by atoms with Crippen LogP contribution in [-0.2, 0) is 4.74 Å². The van der Waals surface area contributed by atoms with Crippen molar-refractivity contribution in [3.05, 3.63) is 46.6 Å². The molecule has 0 spiro atoms. The van der Waals surface area contributed by atoms with Crippen LogP contribution < -0.4 is 0 Å². The first-order chi connectivity index (χ1) is 10.5. The zero-order valence-corrected chi connectivity index (χ0v) is 16.6. The first-order valence-electron chi connectivity index (χ1n) is 8.19. The molecule has 0 aliphatic heterocycles. The van der Waals surface area contributed by atoms with Crippen LogP contribution in [0.4, 0.5) is 0 Å².